The molecule has 39 heavy (non-hydrogen) atoms. The SMILES string of the molecule is CCCC(F)(F)F.NC(=O)CC(CCC(F)(F)F)C(=O)NC1N=C(c2ccccc2)c2ccccc2NC1=O. The summed E-state index contributed by atoms with van der Waals surface area (Å²) >= 11 is 0. The van der Waals surface area contributed by atoms with Crippen molar-refractivity contribution < 1.29 is 40.7 Å². The average Bonchev–Trinajstić information content (AvgIpc) is 2.97. The lowest BCUT2D eigenvalue weighted by atomic mass is 9.97. The van der Waals surface area contributed by atoms with Gasteiger partial charge in [0.25, 0.3) is 5.91 Å². The van der Waals surface area contributed by atoms with E-state index in [0.29, 0.717) is 22.5 Å². The maximum Gasteiger partial charge on any atom is 0.389 e. The number of fused-ring (bicyclic) bond motifs is 1. The van der Waals surface area contributed by atoms with Gasteiger partial charge in [0, 0.05) is 36.3 Å². The number of anilines is 1. The zero-order valence-electron chi connectivity index (χ0n) is 20.9. The largest absolute Gasteiger partial charge is 0.389 e. The molecule has 0 bridgehead atoms. The highest BCUT2D eigenvalue weighted by molar-refractivity contribution is 6.19. The number of alkyl halides is 6. The summed E-state index contributed by atoms with van der Waals surface area (Å²) in [5, 5.41) is 5.05. The zero-order chi connectivity index (χ0) is 29.2. The second kappa shape index (κ2) is 13.8. The van der Waals surface area contributed by atoms with Crippen LogP contribution in [0, 0.1) is 5.92 Å². The van der Waals surface area contributed by atoms with Crippen LogP contribution in [0.15, 0.2) is 59.6 Å². The van der Waals surface area contributed by atoms with E-state index in [1.165, 1.54) is 6.92 Å². The summed E-state index contributed by atoms with van der Waals surface area (Å²) in [6.07, 6.45) is -12.8. The Morgan fingerprint density at radius 1 is 0.974 bits per heavy atom. The van der Waals surface area contributed by atoms with E-state index >= 15 is 0 Å². The molecule has 2 atom stereocenters. The smallest absolute Gasteiger partial charge is 0.370 e. The molecular weight excluding hydrogens is 530 g/mol. The van der Waals surface area contributed by atoms with E-state index in [1.807, 2.05) is 6.07 Å². The second-order valence-corrected chi connectivity index (χ2v) is 8.68. The highest BCUT2D eigenvalue weighted by atomic mass is 19.4. The van der Waals surface area contributed by atoms with Crippen molar-refractivity contribution in [3.8, 4) is 0 Å². The topological polar surface area (TPSA) is 114 Å². The number of primary amides is 1. The predicted octanol–water partition coefficient (Wildman–Crippen LogP) is 5.10. The molecular formula is C26H28F6N4O3. The van der Waals surface area contributed by atoms with Gasteiger partial charge in [-0.3, -0.25) is 14.4 Å². The minimum atomic E-state index is -4.50. The van der Waals surface area contributed by atoms with Crippen LogP contribution in [-0.2, 0) is 14.4 Å². The Kier molecular flexibility index (Phi) is 11.1. The summed E-state index contributed by atoms with van der Waals surface area (Å²) in [6.45, 7) is 1.51. The van der Waals surface area contributed by atoms with E-state index < -0.39 is 67.8 Å². The van der Waals surface area contributed by atoms with Crippen molar-refractivity contribution in [3.05, 3.63) is 65.7 Å². The summed E-state index contributed by atoms with van der Waals surface area (Å²) in [5.41, 5.74) is 7.30. The van der Waals surface area contributed by atoms with Gasteiger partial charge in [-0.2, -0.15) is 26.3 Å². The fraction of sp³-hybridized carbons (Fsp3) is 0.385. The molecule has 3 rings (SSSR count). The monoisotopic (exact) mass is 558 g/mol. The minimum Gasteiger partial charge on any atom is -0.370 e. The second-order valence-electron chi connectivity index (χ2n) is 8.68. The molecule has 1 heterocycles. The van der Waals surface area contributed by atoms with E-state index in [9.17, 15) is 40.7 Å². The number of aliphatic imine (C=N–C) groups is 1. The van der Waals surface area contributed by atoms with Gasteiger partial charge in [0.15, 0.2) is 0 Å². The molecule has 2 aromatic rings. The molecule has 13 heteroatoms. The van der Waals surface area contributed by atoms with Gasteiger partial charge >= 0.3 is 12.4 Å². The molecule has 1 aliphatic heterocycles. The number of benzodiazepines with no additional fused rings is 1. The van der Waals surface area contributed by atoms with Gasteiger partial charge in [-0.15, -0.1) is 0 Å². The molecule has 0 aliphatic carbocycles. The number of nitrogens with zero attached hydrogens (tertiary/aromatic N) is 1. The van der Waals surface area contributed by atoms with Crippen LogP contribution in [0.25, 0.3) is 0 Å². The highest BCUT2D eigenvalue weighted by Crippen LogP contribution is 2.27. The van der Waals surface area contributed by atoms with Crippen LogP contribution in [0.2, 0.25) is 0 Å². The standard InChI is InChI=1S/C22H21F3N4O3.C4H7F3/c23-22(24,25)11-10-14(12-17(26)30)20(31)29-19-21(32)27-16-9-5-4-8-15(16)18(28-19)13-6-2-1-3-7-13;1-2-3-4(5,6)7/h1-9,14,19H,10-12H2,(H2,26,30)(H,27,32)(H,29,31);2-3H2,1H3. The predicted molar refractivity (Wildman–Crippen MR) is 133 cm³/mol. The van der Waals surface area contributed by atoms with Gasteiger partial charge in [0.2, 0.25) is 18.0 Å². The summed E-state index contributed by atoms with van der Waals surface area (Å²) in [7, 11) is 0. The Hall–Kier alpha value is -3.90. The highest BCUT2D eigenvalue weighted by Gasteiger charge is 2.34. The molecule has 212 valence electrons. The van der Waals surface area contributed by atoms with Crippen molar-refractivity contribution in [1.82, 2.24) is 5.32 Å². The molecule has 2 unspecified atom stereocenters. The fourth-order valence-electron chi connectivity index (χ4n) is 3.62. The van der Waals surface area contributed by atoms with Crippen molar-refractivity contribution >= 4 is 29.1 Å². The Labute approximate surface area is 220 Å². The number of hydrogen-bond acceptors (Lipinski definition) is 4. The lowest BCUT2D eigenvalue weighted by molar-refractivity contribution is -0.143. The van der Waals surface area contributed by atoms with Crippen molar-refractivity contribution in [3.63, 3.8) is 0 Å². The molecule has 0 spiro atoms. The van der Waals surface area contributed by atoms with Crippen LogP contribution >= 0.6 is 0 Å². The van der Waals surface area contributed by atoms with Crippen LogP contribution in [0.1, 0.15) is 50.2 Å². The Morgan fingerprint density at radius 3 is 2.10 bits per heavy atom. The third-order valence-corrected chi connectivity index (χ3v) is 5.40. The first-order valence-electron chi connectivity index (χ1n) is 12.0. The number of nitrogens with two attached hydrogens (primary N) is 1. The minimum absolute atomic E-state index is 0.184. The van der Waals surface area contributed by atoms with Crippen molar-refractivity contribution in [2.75, 3.05) is 5.32 Å². The van der Waals surface area contributed by atoms with Crippen LogP contribution in [-0.4, -0.2) is 42.0 Å². The van der Waals surface area contributed by atoms with Crippen LogP contribution in [0.3, 0.4) is 0 Å². The first-order chi connectivity index (χ1) is 18.2. The molecule has 3 amide bonds. The Bertz CT molecular complexity index is 1170. The van der Waals surface area contributed by atoms with E-state index in [2.05, 4.69) is 15.6 Å². The molecule has 1 aliphatic rings. The van der Waals surface area contributed by atoms with Crippen molar-refractivity contribution in [1.29, 1.82) is 0 Å². The first kappa shape index (κ1) is 31.3. The normalized spacial score (nSPS) is 15.9. The number of carbonyl (C=O) groups is 3. The summed E-state index contributed by atoms with van der Waals surface area (Å²) < 4.78 is 71.1. The van der Waals surface area contributed by atoms with Gasteiger partial charge in [-0.1, -0.05) is 55.5 Å². The fourth-order valence-corrected chi connectivity index (χ4v) is 3.62. The molecule has 0 radical (unpaired) electrons. The molecule has 7 nitrogen and oxygen atoms in total. The zero-order valence-corrected chi connectivity index (χ0v) is 20.9. The molecule has 2 aromatic carbocycles. The number of hydrogen-bond donors (Lipinski definition) is 3. The van der Waals surface area contributed by atoms with Gasteiger partial charge in [-0.05, 0) is 18.9 Å². The first-order valence-corrected chi connectivity index (χ1v) is 12.0. The van der Waals surface area contributed by atoms with E-state index in [-0.39, 0.29) is 6.42 Å². The summed E-state index contributed by atoms with van der Waals surface area (Å²) in [6, 6.07) is 15.9. The van der Waals surface area contributed by atoms with E-state index in [1.54, 1.807) is 48.5 Å². The van der Waals surface area contributed by atoms with Gasteiger partial charge in [0.05, 0.1) is 11.4 Å². The Balaban J connectivity index is 0.000000673. The van der Waals surface area contributed by atoms with Crippen LogP contribution in [0.5, 0.6) is 0 Å². The third-order valence-electron chi connectivity index (χ3n) is 5.40. The number of rotatable bonds is 8. The number of para-hydroxylation sites is 1. The van der Waals surface area contributed by atoms with Crippen molar-refractivity contribution in [2.45, 2.75) is 57.5 Å². The van der Waals surface area contributed by atoms with Crippen LogP contribution in [0.4, 0.5) is 32.0 Å². The average molecular weight is 559 g/mol. The summed E-state index contributed by atoms with van der Waals surface area (Å²) in [5.74, 6) is -3.83. The Morgan fingerprint density at radius 2 is 1.56 bits per heavy atom. The molecule has 0 saturated carbocycles. The van der Waals surface area contributed by atoms with Crippen molar-refractivity contribution in [2.24, 2.45) is 16.6 Å². The van der Waals surface area contributed by atoms with E-state index in [0.717, 1.165) is 0 Å². The number of benzene rings is 2. The number of amides is 3. The number of halogens is 6. The van der Waals surface area contributed by atoms with E-state index in [4.69, 9.17) is 5.73 Å². The molecule has 0 aromatic heterocycles. The lowest BCUT2D eigenvalue weighted by Crippen LogP contribution is -2.45. The molecule has 0 saturated heterocycles. The summed E-state index contributed by atoms with van der Waals surface area (Å²) in [4.78, 5) is 41.2. The number of nitrogens with one attached hydrogen (secondary N) is 2. The molecule has 4 N–H and O–H groups in total. The van der Waals surface area contributed by atoms with Gasteiger partial charge < -0.3 is 16.4 Å². The molecule has 0 fully saturated rings. The van der Waals surface area contributed by atoms with Gasteiger partial charge in [-0.25, -0.2) is 4.99 Å². The number of carbonyl (C=O) groups excluding carboxylic acids is 3. The lowest BCUT2D eigenvalue weighted by Gasteiger charge is -2.19. The van der Waals surface area contributed by atoms with Gasteiger partial charge in [0.1, 0.15) is 0 Å². The maximum absolute atomic E-state index is 12.7. The van der Waals surface area contributed by atoms with Crippen LogP contribution < -0.4 is 16.4 Å². The maximum atomic E-state index is 12.7. The quantitative estimate of drug-likeness (QED) is 0.392. The third kappa shape index (κ3) is 10.8.